The Bertz CT molecular complexity index is 2730. The highest BCUT2D eigenvalue weighted by atomic mass is 16.8. The zero-order valence-electron chi connectivity index (χ0n) is 56.1. The number of ether oxygens (including phenoxy) is 13. The molecular formula is C63H101N5O31. The van der Waals surface area contributed by atoms with E-state index in [1.165, 1.54) is 39.0 Å². The maximum absolute atomic E-state index is 14.0. The second-order valence-corrected chi connectivity index (χ2v) is 25.3. The molecule has 0 bridgehead atoms. The number of methoxy groups -OCH3 is 1. The average Bonchev–Trinajstić information content (AvgIpc) is 0.771. The van der Waals surface area contributed by atoms with Gasteiger partial charge in [-0.2, -0.15) is 0 Å². The molecule has 99 heavy (non-hydrogen) atoms. The summed E-state index contributed by atoms with van der Waals surface area (Å²) in [6.45, 7) is 3.52. The number of carbonyl (C=O) groups is 5. The van der Waals surface area contributed by atoms with Gasteiger partial charge in [0.15, 0.2) is 37.7 Å². The van der Waals surface area contributed by atoms with Gasteiger partial charge < -0.3 is 155 Å². The lowest BCUT2D eigenvalue weighted by Crippen LogP contribution is -2.72. The second kappa shape index (κ2) is 38.6. The minimum Gasteiger partial charge on any atom is -0.494 e. The molecule has 7 rings (SSSR count). The van der Waals surface area contributed by atoms with Crippen molar-refractivity contribution in [2.45, 2.75) is 270 Å². The van der Waals surface area contributed by atoms with Gasteiger partial charge in [-0.05, 0) is 50.8 Å². The Morgan fingerprint density at radius 3 is 1.35 bits per heavy atom. The molecule has 30 atom stereocenters. The molecule has 6 heterocycles. The molecule has 1 aromatic rings. The number of aliphatic hydroxyl groups excluding tert-OH is 13. The fourth-order valence-electron chi connectivity index (χ4n) is 12.7. The summed E-state index contributed by atoms with van der Waals surface area (Å²) in [6, 6.07) is -2.45. The molecule has 0 aliphatic carbocycles. The first-order chi connectivity index (χ1) is 47.2. The Morgan fingerprint density at radius 2 is 0.899 bits per heavy atom. The van der Waals surface area contributed by atoms with Gasteiger partial charge in [0.25, 0.3) is 5.91 Å². The van der Waals surface area contributed by atoms with Gasteiger partial charge in [-0.15, -0.1) is 0 Å². The molecule has 36 nitrogen and oxygen atoms in total. The molecule has 6 fully saturated rings. The zero-order valence-corrected chi connectivity index (χ0v) is 56.1. The summed E-state index contributed by atoms with van der Waals surface area (Å²) in [5.41, 5.74) is 0.0482. The molecule has 0 spiro atoms. The Kier molecular flexibility index (Phi) is 31.7. The Hall–Kier alpha value is -4.89. The molecule has 6 saturated heterocycles. The molecule has 6 aliphatic heterocycles. The van der Waals surface area contributed by atoms with Crippen molar-refractivity contribution in [1.29, 1.82) is 0 Å². The topological polar surface area (TPSA) is 528 Å². The predicted molar refractivity (Wildman–Crippen MR) is 333 cm³/mol. The second-order valence-electron chi connectivity index (χ2n) is 25.3. The number of carbonyl (C=O) groups excluding carboxylic acids is 5. The number of rotatable bonds is 32. The minimum absolute atomic E-state index is 0.0482. The standard InChI is InChI=1S/C63H101N5O31/c1-8-9-10-11-12-13-14-15-16-20-88-33-19-17-18-32(21-33)57(85)68-40-46(79)45(78)34(22-69)92-59(40)96-52-35(23-70)93-60(41(48(52)81)65-29(4)74)97-53-36(24-71)94-61(42(49(53)82)66-30(5)75)98-54-37(25-72)95-62(43(50(54)83)67-31(6)76)99-55-38(91-58(86)39(47(55)80)64-28(3)73)26-89-63-56(87-7)51(84)44(77)27(2)90-63/h13-14,17-19,21,27,34-56,58-63,69-72,77-84,86H,8-12,15-16,20,22-26H2,1-7H3,(H,64,73)(H,65,74)(H,66,75)(H,67,76)(H,68,85)/t27?,34?,35-,36?,37-,38?,39-,40-,41?,42-,43?,44?,45+,46+,47+,48?,49+,50?,51-,52+,53?,54+,55?,56+,58+,59?,60?,61-,62?,63+/m0/s1. The van der Waals surface area contributed by atoms with Crippen molar-refractivity contribution in [3.8, 4) is 5.75 Å². The number of amides is 5. The van der Waals surface area contributed by atoms with Gasteiger partial charge in [-0.3, -0.25) is 24.0 Å². The van der Waals surface area contributed by atoms with Gasteiger partial charge in [-0.1, -0.05) is 44.4 Å². The molecule has 14 unspecified atom stereocenters. The smallest absolute Gasteiger partial charge is 0.251 e. The van der Waals surface area contributed by atoms with E-state index in [0.717, 1.165) is 53.4 Å². The Morgan fingerprint density at radius 1 is 0.465 bits per heavy atom. The van der Waals surface area contributed by atoms with E-state index in [2.05, 4.69) is 45.7 Å². The highest BCUT2D eigenvalue weighted by Crippen LogP contribution is 2.37. The van der Waals surface area contributed by atoms with Crippen molar-refractivity contribution in [2.24, 2.45) is 0 Å². The van der Waals surface area contributed by atoms with Crippen molar-refractivity contribution in [3.63, 3.8) is 0 Å². The van der Waals surface area contributed by atoms with Crippen LogP contribution in [-0.4, -0.2) is 327 Å². The monoisotopic (exact) mass is 1420 g/mol. The van der Waals surface area contributed by atoms with Crippen molar-refractivity contribution in [2.75, 3.05) is 46.8 Å². The van der Waals surface area contributed by atoms with Crippen molar-refractivity contribution in [1.82, 2.24) is 26.6 Å². The van der Waals surface area contributed by atoms with E-state index < -0.39 is 246 Å². The molecule has 0 saturated carbocycles. The number of allylic oxidation sites excluding steroid dienone is 2. The normalized spacial score (nSPS) is 39.6. The van der Waals surface area contributed by atoms with E-state index in [9.17, 15) is 90.4 Å². The fourth-order valence-corrected chi connectivity index (χ4v) is 12.7. The molecule has 0 radical (unpaired) electrons. The lowest BCUT2D eigenvalue weighted by Gasteiger charge is -2.51. The fraction of sp³-hybridized carbons (Fsp3) is 0.794. The van der Waals surface area contributed by atoms with Gasteiger partial charge in [0, 0.05) is 40.4 Å². The van der Waals surface area contributed by atoms with Crippen LogP contribution >= 0.6 is 0 Å². The van der Waals surface area contributed by atoms with E-state index in [1.54, 1.807) is 12.1 Å². The van der Waals surface area contributed by atoms with Crippen LogP contribution in [-0.2, 0) is 76.0 Å². The summed E-state index contributed by atoms with van der Waals surface area (Å²) in [4.78, 5) is 65.1. The zero-order chi connectivity index (χ0) is 72.5. The molecule has 18 N–H and O–H groups in total. The lowest BCUT2D eigenvalue weighted by molar-refractivity contribution is -0.368. The quantitative estimate of drug-likeness (QED) is 0.0235. The van der Waals surface area contributed by atoms with E-state index in [4.69, 9.17) is 61.6 Å². The number of nitrogens with one attached hydrogen (secondary N) is 5. The molecule has 6 aliphatic rings. The summed E-state index contributed by atoms with van der Waals surface area (Å²) in [5.74, 6) is -3.67. The Balaban J connectivity index is 1.07. The first-order valence-corrected chi connectivity index (χ1v) is 33.2. The van der Waals surface area contributed by atoms with Crippen LogP contribution in [0.3, 0.4) is 0 Å². The van der Waals surface area contributed by atoms with Crippen LogP contribution in [0.4, 0.5) is 0 Å². The van der Waals surface area contributed by atoms with Crippen LogP contribution in [0.5, 0.6) is 5.75 Å². The van der Waals surface area contributed by atoms with Crippen LogP contribution in [0.25, 0.3) is 0 Å². The summed E-state index contributed by atoms with van der Waals surface area (Å²) >= 11 is 0. The van der Waals surface area contributed by atoms with Crippen LogP contribution in [0, 0.1) is 0 Å². The number of unbranched alkanes of at least 4 members (excludes halogenated alkanes) is 5. The maximum Gasteiger partial charge on any atom is 0.251 e. The average molecular weight is 1420 g/mol. The number of hydrogen-bond acceptors (Lipinski definition) is 31. The third kappa shape index (κ3) is 20.9. The minimum atomic E-state index is -2.07. The number of benzene rings is 1. The highest BCUT2D eigenvalue weighted by molar-refractivity contribution is 5.94. The summed E-state index contributed by atoms with van der Waals surface area (Å²) in [6.07, 6.45) is -32.0. The largest absolute Gasteiger partial charge is 0.494 e. The van der Waals surface area contributed by atoms with Crippen molar-refractivity contribution < 1.29 is 152 Å². The van der Waals surface area contributed by atoms with Crippen LogP contribution in [0.2, 0.25) is 0 Å². The lowest BCUT2D eigenvalue weighted by atomic mass is 9.93. The van der Waals surface area contributed by atoms with Crippen LogP contribution < -0.4 is 31.3 Å². The summed E-state index contributed by atoms with van der Waals surface area (Å²) in [7, 11) is 1.21. The van der Waals surface area contributed by atoms with Crippen molar-refractivity contribution >= 4 is 29.5 Å². The van der Waals surface area contributed by atoms with Crippen LogP contribution in [0.1, 0.15) is 96.8 Å². The summed E-state index contributed by atoms with van der Waals surface area (Å²) in [5, 5.41) is 158. The number of hydrogen-bond donors (Lipinski definition) is 18. The van der Waals surface area contributed by atoms with Gasteiger partial charge in [0.2, 0.25) is 23.6 Å². The molecule has 564 valence electrons. The summed E-state index contributed by atoms with van der Waals surface area (Å²) < 4.78 is 77.9. The third-order valence-corrected chi connectivity index (χ3v) is 17.8. The first-order valence-electron chi connectivity index (χ1n) is 33.2. The molecule has 1 aromatic carbocycles. The first kappa shape index (κ1) is 81.4. The van der Waals surface area contributed by atoms with Gasteiger partial charge in [0.1, 0.15) is 146 Å². The van der Waals surface area contributed by atoms with Crippen molar-refractivity contribution in [3.05, 3.63) is 42.0 Å². The van der Waals surface area contributed by atoms with E-state index in [1.807, 2.05) is 0 Å². The highest BCUT2D eigenvalue weighted by Gasteiger charge is 2.58. The van der Waals surface area contributed by atoms with E-state index in [-0.39, 0.29) is 5.56 Å². The third-order valence-electron chi connectivity index (χ3n) is 17.8. The molecule has 5 amide bonds. The molecule has 36 heteroatoms. The van der Waals surface area contributed by atoms with E-state index in [0.29, 0.717) is 18.8 Å². The molecule has 0 aromatic heterocycles. The SMILES string of the molecule is CCCCCCC=CCCCOc1cccc(C(=O)N[C@@H]2C(O[C@H]3C(O)C(NC(C)=O)C(OC4C(CO)O[C@@H](O[C@H]5C(O)C(NC(C)=O)C(OC6C(CO[C@@H]7OC(C)C(O)[C@H](O)[C@H]7OC)O[C@@H](O)[C@@H](NC(C)=O)[C@H]6O)O[C@H]5CO)[C@@H](NC(C)=O)[C@H]4O)O[C@H]3CO)OC(CO)[C@@H](O)[C@@H]2O)c1. The Labute approximate surface area is 571 Å². The van der Waals surface area contributed by atoms with Gasteiger partial charge >= 0.3 is 0 Å². The van der Waals surface area contributed by atoms with Gasteiger partial charge in [0.05, 0.1) is 45.7 Å². The van der Waals surface area contributed by atoms with Crippen LogP contribution in [0.15, 0.2) is 36.4 Å². The number of aliphatic hydroxyl groups is 13. The van der Waals surface area contributed by atoms with Gasteiger partial charge in [-0.25, -0.2) is 0 Å². The molecular weight excluding hydrogens is 1320 g/mol. The maximum atomic E-state index is 14.0. The van der Waals surface area contributed by atoms with E-state index >= 15 is 0 Å². The predicted octanol–water partition coefficient (Wildman–Crippen LogP) is -6.72.